The Morgan fingerprint density at radius 3 is 2.19 bits per heavy atom. The lowest BCUT2D eigenvalue weighted by Gasteiger charge is -2.26. The Morgan fingerprint density at radius 1 is 1.00 bits per heavy atom. The van der Waals surface area contributed by atoms with Gasteiger partial charge in [-0.25, -0.2) is 0 Å². The van der Waals surface area contributed by atoms with Crippen molar-refractivity contribution >= 4 is 0 Å². The van der Waals surface area contributed by atoms with E-state index in [1.54, 1.807) is 0 Å². The second-order valence-electron chi connectivity index (χ2n) is 4.95. The zero-order valence-corrected chi connectivity index (χ0v) is 10.3. The lowest BCUT2D eigenvalue weighted by atomic mass is 9.79. The smallest absolute Gasteiger partial charge is 0.0245 e. The van der Waals surface area contributed by atoms with E-state index < -0.39 is 0 Å². The van der Waals surface area contributed by atoms with Crippen LogP contribution in [0.15, 0.2) is 24.3 Å². The molecule has 0 nitrogen and oxygen atoms in total. The van der Waals surface area contributed by atoms with Gasteiger partial charge in [0, 0.05) is 5.56 Å². The zero-order chi connectivity index (χ0) is 11.4. The average Bonchev–Trinajstić information content (AvgIpc) is 2.32. The first-order chi connectivity index (χ1) is 7.79. The monoisotopic (exact) mass is 212 g/mol. The van der Waals surface area contributed by atoms with Crippen molar-refractivity contribution in [2.75, 3.05) is 0 Å². The van der Waals surface area contributed by atoms with Crippen molar-refractivity contribution < 1.29 is 0 Å². The van der Waals surface area contributed by atoms with Gasteiger partial charge in [-0.15, -0.1) is 5.92 Å². The van der Waals surface area contributed by atoms with Gasteiger partial charge in [0.2, 0.25) is 0 Å². The van der Waals surface area contributed by atoms with Crippen molar-refractivity contribution in [3.63, 3.8) is 0 Å². The molecule has 0 radical (unpaired) electrons. The summed E-state index contributed by atoms with van der Waals surface area (Å²) in [6.07, 6.45) is 5.50. The standard InChI is InChI=1S/C16H20/c1-3-4-14-7-11-16(12-8-14)15-9-5-13(2)6-10-15/h7-8,11-13,15H,5-6,9-10H2,1-2H3. The molecule has 84 valence electrons. The molecule has 0 N–H and O–H groups in total. The summed E-state index contributed by atoms with van der Waals surface area (Å²) in [5, 5.41) is 0. The molecule has 0 heterocycles. The van der Waals surface area contributed by atoms with Crippen molar-refractivity contribution in [2.24, 2.45) is 5.92 Å². The minimum absolute atomic E-state index is 0.792. The maximum atomic E-state index is 3.09. The van der Waals surface area contributed by atoms with Crippen LogP contribution in [0.3, 0.4) is 0 Å². The van der Waals surface area contributed by atoms with Gasteiger partial charge in [-0.3, -0.25) is 0 Å². The van der Waals surface area contributed by atoms with Crippen LogP contribution in [-0.4, -0.2) is 0 Å². The van der Waals surface area contributed by atoms with E-state index in [9.17, 15) is 0 Å². The largest absolute Gasteiger partial charge is 0.101 e. The molecule has 0 aromatic heterocycles. The summed E-state index contributed by atoms with van der Waals surface area (Å²) in [7, 11) is 0. The van der Waals surface area contributed by atoms with Gasteiger partial charge in [-0.05, 0) is 49.3 Å². The zero-order valence-electron chi connectivity index (χ0n) is 10.3. The van der Waals surface area contributed by atoms with Crippen molar-refractivity contribution in [1.82, 2.24) is 0 Å². The van der Waals surface area contributed by atoms with Gasteiger partial charge in [0.1, 0.15) is 0 Å². The van der Waals surface area contributed by atoms with Crippen LogP contribution in [-0.2, 0) is 0 Å². The van der Waals surface area contributed by atoms with Crippen LogP contribution in [0.25, 0.3) is 0 Å². The van der Waals surface area contributed by atoms with Crippen LogP contribution in [0.5, 0.6) is 0 Å². The molecule has 1 fully saturated rings. The van der Waals surface area contributed by atoms with Crippen LogP contribution < -0.4 is 0 Å². The van der Waals surface area contributed by atoms with Gasteiger partial charge >= 0.3 is 0 Å². The van der Waals surface area contributed by atoms with E-state index in [2.05, 4.69) is 43.0 Å². The molecule has 0 atom stereocenters. The van der Waals surface area contributed by atoms with Crippen molar-refractivity contribution in [2.45, 2.75) is 45.4 Å². The molecule has 1 aliphatic carbocycles. The Morgan fingerprint density at radius 2 is 1.62 bits per heavy atom. The Labute approximate surface area is 99.1 Å². The Balaban J connectivity index is 2.06. The molecule has 0 bridgehead atoms. The molecule has 16 heavy (non-hydrogen) atoms. The van der Waals surface area contributed by atoms with E-state index in [1.165, 1.54) is 31.2 Å². The van der Waals surface area contributed by atoms with Crippen molar-refractivity contribution in [3.05, 3.63) is 35.4 Å². The molecular formula is C16H20. The summed E-state index contributed by atoms with van der Waals surface area (Å²) in [6.45, 7) is 4.26. The van der Waals surface area contributed by atoms with Crippen LogP contribution in [0.1, 0.15) is 56.6 Å². The molecule has 1 saturated carbocycles. The summed E-state index contributed by atoms with van der Waals surface area (Å²) >= 11 is 0. The second kappa shape index (κ2) is 5.21. The third-order valence-electron chi connectivity index (χ3n) is 3.67. The van der Waals surface area contributed by atoms with Crippen LogP contribution >= 0.6 is 0 Å². The minimum Gasteiger partial charge on any atom is -0.101 e. The van der Waals surface area contributed by atoms with E-state index in [-0.39, 0.29) is 0 Å². The molecular weight excluding hydrogens is 192 g/mol. The summed E-state index contributed by atoms with van der Waals surface area (Å²) in [6, 6.07) is 8.84. The topological polar surface area (TPSA) is 0 Å². The first kappa shape index (κ1) is 11.3. The predicted octanol–water partition coefficient (Wildman–Crippen LogP) is 4.35. The first-order valence-corrected chi connectivity index (χ1v) is 6.32. The molecule has 2 rings (SSSR count). The maximum Gasteiger partial charge on any atom is 0.0245 e. The van der Waals surface area contributed by atoms with Crippen LogP contribution in [0.2, 0.25) is 0 Å². The van der Waals surface area contributed by atoms with Gasteiger partial charge in [0.05, 0.1) is 0 Å². The molecule has 1 aromatic carbocycles. The van der Waals surface area contributed by atoms with E-state index in [0.717, 1.165) is 17.4 Å². The normalized spacial score (nSPS) is 24.6. The molecule has 0 spiro atoms. The highest BCUT2D eigenvalue weighted by Gasteiger charge is 2.19. The van der Waals surface area contributed by atoms with E-state index >= 15 is 0 Å². The van der Waals surface area contributed by atoms with Gasteiger partial charge in [0.15, 0.2) is 0 Å². The molecule has 1 aromatic rings. The molecule has 0 amide bonds. The van der Waals surface area contributed by atoms with E-state index in [0.29, 0.717) is 0 Å². The summed E-state index contributed by atoms with van der Waals surface area (Å²) in [5.41, 5.74) is 2.64. The Kier molecular flexibility index (Phi) is 3.67. The minimum atomic E-state index is 0.792. The third-order valence-corrected chi connectivity index (χ3v) is 3.67. The number of hydrogen-bond acceptors (Lipinski definition) is 0. The van der Waals surface area contributed by atoms with Gasteiger partial charge < -0.3 is 0 Å². The second-order valence-corrected chi connectivity index (χ2v) is 4.95. The lowest BCUT2D eigenvalue weighted by Crippen LogP contribution is -2.10. The third kappa shape index (κ3) is 2.67. The SMILES string of the molecule is CC#Cc1ccc(C2CCC(C)CC2)cc1. The quantitative estimate of drug-likeness (QED) is 0.607. The van der Waals surface area contributed by atoms with Gasteiger partial charge in [0.25, 0.3) is 0 Å². The first-order valence-electron chi connectivity index (χ1n) is 6.32. The highest BCUT2D eigenvalue weighted by molar-refractivity contribution is 5.36. The molecule has 1 aliphatic rings. The van der Waals surface area contributed by atoms with E-state index in [4.69, 9.17) is 0 Å². The van der Waals surface area contributed by atoms with Crippen LogP contribution in [0.4, 0.5) is 0 Å². The van der Waals surface area contributed by atoms with Gasteiger partial charge in [-0.1, -0.05) is 37.8 Å². The fraction of sp³-hybridized carbons (Fsp3) is 0.500. The van der Waals surface area contributed by atoms with Crippen molar-refractivity contribution in [3.8, 4) is 11.8 Å². The molecule has 0 aliphatic heterocycles. The van der Waals surface area contributed by atoms with Crippen LogP contribution in [0, 0.1) is 17.8 Å². The average molecular weight is 212 g/mol. The Hall–Kier alpha value is -1.22. The summed E-state index contributed by atoms with van der Waals surface area (Å²) < 4.78 is 0. The fourth-order valence-electron chi connectivity index (χ4n) is 2.58. The van der Waals surface area contributed by atoms with E-state index in [1.807, 2.05) is 6.92 Å². The Bertz CT molecular complexity index is 380. The molecule has 0 heteroatoms. The van der Waals surface area contributed by atoms with Crippen molar-refractivity contribution in [1.29, 1.82) is 0 Å². The maximum absolute atomic E-state index is 3.09. The molecule has 0 saturated heterocycles. The summed E-state index contributed by atoms with van der Waals surface area (Å²) in [4.78, 5) is 0. The molecule has 0 unspecified atom stereocenters. The lowest BCUT2D eigenvalue weighted by molar-refractivity contribution is 0.348. The fourth-order valence-corrected chi connectivity index (χ4v) is 2.58. The number of rotatable bonds is 1. The highest BCUT2D eigenvalue weighted by Crippen LogP contribution is 2.35. The number of hydrogen-bond donors (Lipinski definition) is 0. The number of benzene rings is 1. The van der Waals surface area contributed by atoms with Gasteiger partial charge in [-0.2, -0.15) is 0 Å². The summed E-state index contributed by atoms with van der Waals surface area (Å²) in [5.74, 6) is 7.76. The predicted molar refractivity (Wildman–Crippen MR) is 69.4 cm³/mol. The highest BCUT2D eigenvalue weighted by atomic mass is 14.2.